The van der Waals surface area contributed by atoms with Gasteiger partial charge in [0, 0.05) is 58.4 Å². The Kier molecular flexibility index (Phi) is 6.96. The first kappa shape index (κ1) is 22.3. The van der Waals surface area contributed by atoms with Crippen molar-refractivity contribution < 1.29 is 14.3 Å². The zero-order valence-corrected chi connectivity index (χ0v) is 19.0. The van der Waals surface area contributed by atoms with Gasteiger partial charge in [-0.1, -0.05) is 6.92 Å². The summed E-state index contributed by atoms with van der Waals surface area (Å²) in [6, 6.07) is 0.527. The molecule has 3 heterocycles. The van der Waals surface area contributed by atoms with E-state index in [1.807, 2.05) is 31.3 Å². The van der Waals surface area contributed by atoms with Crippen LogP contribution in [0, 0.1) is 11.3 Å². The quantitative estimate of drug-likeness (QED) is 0.732. The molecule has 0 bridgehead atoms. The molecule has 3 atom stereocenters. The van der Waals surface area contributed by atoms with Crippen molar-refractivity contribution >= 4 is 11.8 Å². The van der Waals surface area contributed by atoms with Gasteiger partial charge < -0.3 is 15.0 Å². The number of piperidine rings is 1. The number of rotatable bonds is 6. The highest BCUT2D eigenvalue weighted by Crippen LogP contribution is 2.48. The Bertz CT molecular complexity index is 775. The fraction of sp³-hybridized carbons (Fsp3) is 0.783. The standard InChI is InChI=1S/C23H37N5O3/c1-3-21(29)28-9-6-19-14-20(27-10-12-31-13-11-27)4-7-23(19,17-28)22(30)24-8-5-18-15-25-26(2)16-18/h15-16,19-20H,3-14,17H2,1-2H3,(H,24,30)/t19-,20+,23-/m1/s1. The van der Waals surface area contributed by atoms with Crippen molar-refractivity contribution in [2.24, 2.45) is 18.4 Å². The average molecular weight is 432 g/mol. The molecule has 4 rings (SSSR count). The number of nitrogens with zero attached hydrogens (tertiary/aromatic N) is 4. The summed E-state index contributed by atoms with van der Waals surface area (Å²) in [6.07, 6.45) is 8.94. The van der Waals surface area contributed by atoms with Gasteiger partial charge in [-0.05, 0) is 43.6 Å². The Labute approximate surface area is 185 Å². The molecule has 1 aromatic heterocycles. The lowest BCUT2D eigenvalue weighted by atomic mass is 9.60. The largest absolute Gasteiger partial charge is 0.379 e. The minimum Gasteiger partial charge on any atom is -0.379 e. The molecule has 2 saturated heterocycles. The van der Waals surface area contributed by atoms with E-state index in [0.717, 1.165) is 70.5 Å². The number of likely N-dealkylation sites (tertiary alicyclic amines) is 1. The van der Waals surface area contributed by atoms with Gasteiger partial charge in [0.05, 0.1) is 24.8 Å². The van der Waals surface area contributed by atoms with Crippen LogP contribution < -0.4 is 5.32 Å². The zero-order chi connectivity index (χ0) is 21.8. The van der Waals surface area contributed by atoms with Crippen LogP contribution in [0.2, 0.25) is 0 Å². The number of amides is 2. The molecule has 8 nitrogen and oxygen atoms in total. The molecule has 3 fully saturated rings. The Balaban J connectivity index is 1.44. The second-order valence-corrected chi connectivity index (χ2v) is 9.42. The van der Waals surface area contributed by atoms with Crippen LogP contribution in [0.5, 0.6) is 0 Å². The van der Waals surface area contributed by atoms with E-state index < -0.39 is 5.41 Å². The number of hydrogen-bond acceptors (Lipinski definition) is 5. The maximum Gasteiger partial charge on any atom is 0.228 e. The van der Waals surface area contributed by atoms with Gasteiger partial charge in [0.15, 0.2) is 0 Å². The third kappa shape index (κ3) is 4.80. The normalized spacial score (nSPS) is 29.4. The van der Waals surface area contributed by atoms with Crippen LogP contribution in [0.4, 0.5) is 0 Å². The van der Waals surface area contributed by atoms with Crippen molar-refractivity contribution in [2.45, 2.75) is 51.5 Å². The second kappa shape index (κ2) is 9.69. The number of aromatic nitrogens is 2. The highest BCUT2D eigenvalue weighted by Gasteiger charge is 2.53. The van der Waals surface area contributed by atoms with Crippen molar-refractivity contribution in [3.8, 4) is 0 Å². The van der Waals surface area contributed by atoms with Crippen LogP contribution >= 0.6 is 0 Å². The number of carbonyl (C=O) groups is 2. The Morgan fingerprint density at radius 2 is 2.06 bits per heavy atom. The Hall–Kier alpha value is -1.93. The summed E-state index contributed by atoms with van der Waals surface area (Å²) < 4.78 is 7.32. The molecule has 0 spiro atoms. The molecule has 0 unspecified atom stereocenters. The number of ether oxygens (including phenoxy) is 1. The topological polar surface area (TPSA) is 79.7 Å². The molecular formula is C23H37N5O3. The van der Waals surface area contributed by atoms with E-state index >= 15 is 0 Å². The molecule has 172 valence electrons. The summed E-state index contributed by atoms with van der Waals surface area (Å²) in [7, 11) is 1.90. The highest BCUT2D eigenvalue weighted by molar-refractivity contribution is 5.85. The second-order valence-electron chi connectivity index (χ2n) is 9.42. The zero-order valence-electron chi connectivity index (χ0n) is 19.0. The average Bonchev–Trinajstić information content (AvgIpc) is 3.23. The fourth-order valence-corrected chi connectivity index (χ4v) is 5.81. The molecular weight excluding hydrogens is 394 g/mol. The van der Waals surface area contributed by atoms with Crippen molar-refractivity contribution in [1.29, 1.82) is 0 Å². The van der Waals surface area contributed by atoms with Crippen molar-refractivity contribution in [1.82, 2.24) is 24.9 Å². The molecule has 1 N–H and O–H groups in total. The molecule has 1 saturated carbocycles. The van der Waals surface area contributed by atoms with Crippen LogP contribution in [0.3, 0.4) is 0 Å². The number of morpholine rings is 1. The first-order chi connectivity index (χ1) is 15.0. The van der Waals surface area contributed by atoms with Gasteiger partial charge in [-0.3, -0.25) is 19.2 Å². The van der Waals surface area contributed by atoms with Crippen molar-refractivity contribution in [3.63, 3.8) is 0 Å². The molecule has 0 radical (unpaired) electrons. The number of carbonyl (C=O) groups excluding carboxylic acids is 2. The van der Waals surface area contributed by atoms with E-state index in [2.05, 4.69) is 15.3 Å². The number of nitrogens with one attached hydrogen (secondary N) is 1. The monoisotopic (exact) mass is 431 g/mol. The molecule has 0 aromatic carbocycles. The minimum atomic E-state index is -0.458. The maximum atomic E-state index is 13.6. The lowest BCUT2D eigenvalue weighted by Crippen LogP contribution is -2.61. The molecule has 2 amide bonds. The molecule has 8 heteroatoms. The first-order valence-electron chi connectivity index (χ1n) is 11.9. The van der Waals surface area contributed by atoms with Crippen LogP contribution in [0.25, 0.3) is 0 Å². The summed E-state index contributed by atoms with van der Waals surface area (Å²) >= 11 is 0. The van der Waals surface area contributed by atoms with Crippen molar-refractivity contribution in [3.05, 3.63) is 18.0 Å². The summed E-state index contributed by atoms with van der Waals surface area (Å²) in [6.45, 7) is 7.44. The SMILES string of the molecule is CCC(=O)N1CC[C@@H]2C[C@@H](N3CCOCC3)CC[C@@]2(C(=O)NCCc2cnn(C)c2)C1. The third-order valence-electron chi connectivity index (χ3n) is 7.61. The smallest absolute Gasteiger partial charge is 0.228 e. The summed E-state index contributed by atoms with van der Waals surface area (Å²) in [4.78, 5) is 30.6. The van der Waals surface area contributed by atoms with Gasteiger partial charge >= 0.3 is 0 Å². The first-order valence-corrected chi connectivity index (χ1v) is 11.9. The van der Waals surface area contributed by atoms with Gasteiger partial charge in [-0.2, -0.15) is 5.10 Å². The maximum absolute atomic E-state index is 13.6. The predicted molar refractivity (Wildman–Crippen MR) is 117 cm³/mol. The lowest BCUT2D eigenvalue weighted by molar-refractivity contribution is -0.151. The van der Waals surface area contributed by atoms with Gasteiger partial charge in [0.25, 0.3) is 0 Å². The van der Waals surface area contributed by atoms with E-state index in [9.17, 15) is 9.59 Å². The third-order valence-corrected chi connectivity index (χ3v) is 7.61. The minimum absolute atomic E-state index is 0.135. The van der Waals surface area contributed by atoms with Crippen LogP contribution in [0.1, 0.15) is 44.6 Å². The molecule has 1 aromatic rings. The Morgan fingerprint density at radius 3 is 2.77 bits per heavy atom. The highest BCUT2D eigenvalue weighted by atomic mass is 16.5. The Morgan fingerprint density at radius 1 is 1.26 bits per heavy atom. The van der Waals surface area contributed by atoms with Gasteiger partial charge in [0.1, 0.15) is 0 Å². The van der Waals surface area contributed by atoms with E-state index in [1.165, 1.54) is 0 Å². The summed E-state index contributed by atoms with van der Waals surface area (Å²) in [5, 5.41) is 7.43. The van der Waals surface area contributed by atoms with Crippen LogP contribution in [-0.4, -0.2) is 83.4 Å². The van der Waals surface area contributed by atoms with Crippen LogP contribution in [0.15, 0.2) is 12.4 Å². The molecule has 2 aliphatic heterocycles. The number of aryl methyl sites for hydroxylation is 1. The van der Waals surface area contributed by atoms with E-state index in [4.69, 9.17) is 4.74 Å². The number of hydrogen-bond donors (Lipinski definition) is 1. The van der Waals surface area contributed by atoms with Gasteiger partial charge in [-0.25, -0.2) is 0 Å². The fourth-order valence-electron chi connectivity index (χ4n) is 5.81. The van der Waals surface area contributed by atoms with E-state index in [-0.39, 0.29) is 11.8 Å². The molecule has 3 aliphatic rings. The summed E-state index contributed by atoms with van der Waals surface area (Å²) in [5.74, 6) is 0.625. The molecule has 31 heavy (non-hydrogen) atoms. The summed E-state index contributed by atoms with van der Waals surface area (Å²) in [5.41, 5.74) is 0.667. The van der Waals surface area contributed by atoms with Gasteiger partial charge in [-0.15, -0.1) is 0 Å². The predicted octanol–water partition coefficient (Wildman–Crippen LogP) is 1.21. The molecule has 1 aliphatic carbocycles. The van der Waals surface area contributed by atoms with Crippen molar-refractivity contribution in [2.75, 3.05) is 45.9 Å². The van der Waals surface area contributed by atoms with Gasteiger partial charge in [0.2, 0.25) is 11.8 Å². The van der Waals surface area contributed by atoms with E-state index in [1.54, 1.807) is 4.68 Å². The number of fused-ring (bicyclic) bond motifs is 1. The van der Waals surface area contributed by atoms with E-state index in [0.29, 0.717) is 31.5 Å². The van der Waals surface area contributed by atoms with Crippen LogP contribution in [-0.2, 0) is 27.8 Å². The lowest BCUT2D eigenvalue weighted by Gasteiger charge is -2.53.